The highest BCUT2D eigenvalue weighted by Crippen LogP contribution is 1.95. The molecule has 20 heavy (non-hydrogen) atoms. The number of carbonyl (C=O) groups is 2. The summed E-state index contributed by atoms with van der Waals surface area (Å²) in [5, 5.41) is 2.53. The van der Waals surface area contributed by atoms with Crippen molar-refractivity contribution in [3.8, 4) is 0 Å². The molecule has 0 atom stereocenters. The SMILES string of the molecule is CCOC(=O)CCNC(=O)Cn1c(C)cnc(N)c1=O. The normalized spacial score (nSPS) is 10.1. The minimum absolute atomic E-state index is 0.0892. The van der Waals surface area contributed by atoms with E-state index in [0.29, 0.717) is 12.3 Å². The Balaban J connectivity index is 2.53. The fourth-order valence-corrected chi connectivity index (χ4v) is 1.52. The van der Waals surface area contributed by atoms with Gasteiger partial charge in [-0.2, -0.15) is 0 Å². The third-order valence-corrected chi connectivity index (χ3v) is 2.54. The van der Waals surface area contributed by atoms with E-state index < -0.39 is 5.56 Å². The van der Waals surface area contributed by atoms with Gasteiger partial charge in [0, 0.05) is 18.4 Å². The molecule has 0 aromatic carbocycles. The maximum atomic E-state index is 11.7. The number of hydrogen-bond acceptors (Lipinski definition) is 6. The molecular formula is C12H18N4O4. The average molecular weight is 282 g/mol. The maximum absolute atomic E-state index is 11.7. The number of hydrogen-bond donors (Lipinski definition) is 2. The zero-order valence-electron chi connectivity index (χ0n) is 11.5. The van der Waals surface area contributed by atoms with Gasteiger partial charge in [0.25, 0.3) is 5.56 Å². The molecule has 0 aliphatic rings. The summed E-state index contributed by atoms with van der Waals surface area (Å²) < 4.78 is 5.95. The van der Waals surface area contributed by atoms with Crippen LogP contribution in [0.4, 0.5) is 5.82 Å². The molecule has 1 amide bonds. The van der Waals surface area contributed by atoms with E-state index in [9.17, 15) is 14.4 Å². The van der Waals surface area contributed by atoms with Gasteiger partial charge in [-0.15, -0.1) is 0 Å². The van der Waals surface area contributed by atoms with Crippen molar-refractivity contribution in [2.24, 2.45) is 0 Å². The van der Waals surface area contributed by atoms with E-state index in [-0.39, 0.29) is 37.2 Å². The van der Waals surface area contributed by atoms with Crippen molar-refractivity contribution in [2.45, 2.75) is 26.8 Å². The van der Waals surface area contributed by atoms with Crippen LogP contribution in [0.5, 0.6) is 0 Å². The van der Waals surface area contributed by atoms with Crippen molar-refractivity contribution < 1.29 is 14.3 Å². The fourth-order valence-electron chi connectivity index (χ4n) is 1.52. The smallest absolute Gasteiger partial charge is 0.307 e. The first-order valence-corrected chi connectivity index (χ1v) is 6.20. The van der Waals surface area contributed by atoms with E-state index in [1.807, 2.05) is 0 Å². The van der Waals surface area contributed by atoms with Crippen LogP contribution in [0.25, 0.3) is 0 Å². The molecule has 0 fully saturated rings. The second-order valence-corrected chi connectivity index (χ2v) is 4.08. The first-order valence-electron chi connectivity index (χ1n) is 6.20. The standard InChI is InChI=1S/C12H18N4O4/c1-3-20-10(18)4-5-14-9(17)7-16-8(2)6-15-11(13)12(16)19/h6H,3-5,7H2,1-2H3,(H2,13,15)(H,14,17). The molecular weight excluding hydrogens is 264 g/mol. The van der Waals surface area contributed by atoms with E-state index in [1.54, 1.807) is 13.8 Å². The van der Waals surface area contributed by atoms with E-state index in [1.165, 1.54) is 10.8 Å². The van der Waals surface area contributed by atoms with Crippen LogP contribution in [0.3, 0.4) is 0 Å². The largest absolute Gasteiger partial charge is 0.466 e. The topological polar surface area (TPSA) is 116 Å². The van der Waals surface area contributed by atoms with E-state index in [2.05, 4.69) is 10.3 Å². The number of anilines is 1. The molecule has 0 saturated carbocycles. The minimum atomic E-state index is -0.509. The monoisotopic (exact) mass is 282 g/mol. The summed E-state index contributed by atoms with van der Waals surface area (Å²) in [7, 11) is 0. The molecule has 0 aliphatic heterocycles. The van der Waals surface area contributed by atoms with Crippen LogP contribution in [-0.4, -0.2) is 34.6 Å². The lowest BCUT2D eigenvalue weighted by Gasteiger charge is -2.10. The number of aromatic nitrogens is 2. The zero-order valence-corrected chi connectivity index (χ0v) is 11.5. The molecule has 0 saturated heterocycles. The number of nitrogens with one attached hydrogen (secondary N) is 1. The predicted octanol–water partition coefficient (Wildman–Crippen LogP) is -0.797. The molecule has 1 aromatic heterocycles. The quantitative estimate of drug-likeness (QED) is 0.660. The number of rotatable bonds is 6. The van der Waals surface area contributed by atoms with Crippen LogP contribution in [0.15, 0.2) is 11.0 Å². The number of ether oxygens (including phenoxy) is 1. The van der Waals surface area contributed by atoms with Gasteiger partial charge in [0.05, 0.1) is 13.0 Å². The summed E-state index contributed by atoms with van der Waals surface area (Å²) in [5.74, 6) is -0.922. The number of nitrogens with two attached hydrogens (primary N) is 1. The lowest BCUT2D eigenvalue weighted by atomic mass is 10.4. The molecule has 110 valence electrons. The molecule has 3 N–H and O–H groups in total. The Morgan fingerprint density at radius 3 is 2.85 bits per heavy atom. The van der Waals surface area contributed by atoms with Gasteiger partial charge in [-0.05, 0) is 13.8 Å². The molecule has 1 aromatic rings. The molecule has 0 bridgehead atoms. The lowest BCUT2D eigenvalue weighted by molar-refractivity contribution is -0.143. The second kappa shape index (κ2) is 7.27. The van der Waals surface area contributed by atoms with Crippen LogP contribution in [-0.2, 0) is 20.9 Å². The number of aryl methyl sites for hydroxylation is 1. The summed E-state index contributed by atoms with van der Waals surface area (Å²) in [6.07, 6.45) is 1.51. The molecule has 1 rings (SSSR count). The molecule has 1 heterocycles. The number of amides is 1. The minimum Gasteiger partial charge on any atom is -0.466 e. The third kappa shape index (κ3) is 4.38. The van der Waals surface area contributed by atoms with Crippen LogP contribution in [0.2, 0.25) is 0 Å². The van der Waals surface area contributed by atoms with Crippen molar-refractivity contribution in [1.82, 2.24) is 14.9 Å². The first kappa shape index (κ1) is 15.7. The van der Waals surface area contributed by atoms with Gasteiger partial charge < -0.3 is 15.8 Å². The summed E-state index contributed by atoms with van der Waals surface area (Å²) in [4.78, 5) is 38.2. The zero-order chi connectivity index (χ0) is 15.1. The Morgan fingerprint density at radius 1 is 1.50 bits per heavy atom. The number of carbonyl (C=O) groups excluding carboxylic acids is 2. The molecule has 0 spiro atoms. The van der Waals surface area contributed by atoms with Crippen LogP contribution < -0.4 is 16.6 Å². The Hall–Kier alpha value is -2.38. The van der Waals surface area contributed by atoms with Crippen molar-refractivity contribution in [3.63, 3.8) is 0 Å². The van der Waals surface area contributed by atoms with Crippen LogP contribution >= 0.6 is 0 Å². The molecule has 0 unspecified atom stereocenters. The number of nitrogens with zero attached hydrogens (tertiary/aromatic N) is 2. The third-order valence-electron chi connectivity index (χ3n) is 2.54. The Labute approximate surface area is 115 Å². The van der Waals surface area contributed by atoms with E-state index in [4.69, 9.17) is 10.5 Å². The number of esters is 1. The maximum Gasteiger partial charge on any atom is 0.307 e. The summed E-state index contributed by atoms with van der Waals surface area (Å²) >= 11 is 0. The highest BCUT2D eigenvalue weighted by atomic mass is 16.5. The second-order valence-electron chi connectivity index (χ2n) is 4.08. The summed E-state index contributed by atoms with van der Waals surface area (Å²) in [5.41, 5.74) is 5.42. The Bertz CT molecular complexity index is 553. The van der Waals surface area contributed by atoms with E-state index in [0.717, 1.165) is 0 Å². The lowest BCUT2D eigenvalue weighted by Crippen LogP contribution is -2.35. The van der Waals surface area contributed by atoms with Gasteiger partial charge in [0.2, 0.25) is 5.91 Å². The first-order chi connectivity index (χ1) is 9.45. The van der Waals surface area contributed by atoms with Gasteiger partial charge in [0.15, 0.2) is 5.82 Å². The highest BCUT2D eigenvalue weighted by Gasteiger charge is 2.10. The van der Waals surface area contributed by atoms with Crippen molar-refractivity contribution in [3.05, 3.63) is 22.2 Å². The van der Waals surface area contributed by atoms with Gasteiger partial charge in [-0.1, -0.05) is 0 Å². The Morgan fingerprint density at radius 2 is 2.20 bits per heavy atom. The molecule has 8 heteroatoms. The van der Waals surface area contributed by atoms with E-state index >= 15 is 0 Å². The van der Waals surface area contributed by atoms with Crippen LogP contribution in [0, 0.1) is 6.92 Å². The van der Waals surface area contributed by atoms with Crippen molar-refractivity contribution in [1.29, 1.82) is 0 Å². The average Bonchev–Trinajstić information content (AvgIpc) is 2.39. The van der Waals surface area contributed by atoms with Gasteiger partial charge in [0.1, 0.15) is 6.54 Å². The van der Waals surface area contributed by atoms with Gasteiger partial charge in [-0.25, -0.2) is 4.98 Å². The number of nitrogen functional groups attached to an aromatic ring is 1. The van der Waals surface area contributed by atoms with Crippen LogP contribution in [0.1, 0.15) is 19.0 Å². The fraction of sp³-hybridized carbons (Fsp3) is 0.500. The molecule has 8 nitrogen and oxygen atoms in total. The van der Waals surface area contributed by atoms with Crippen molar-refractivity contribution >= 4 is 17.7 Å². The van der Waals surface area contributed by atoms with Gasteiger partial charge in [-0.3, -0.25) is 19.0 Å². The highest BCUT2D eigenvalue weighted by molar-refractivity contribution is 5.77. The summed E-state index contributed by atoms with van der Waals surface area (Å²) in [6, 6.07) is 0. The summed E-state index contributed by atoms with van der Waals surface area (Å²) in [6.45, 7) is 3.66. The Kier molecular flexibility index (Phi) is 5.70. The molecule has 0 radical (unpaired) electrons. The van der Waals surface area contributed by atoms with Gasteiger partial charge >= 0.3 is 5.97 Å². The van der Waals surface area contributed by atoms with Crippen molar-refractivity contribution in [2.75, 3.05) is 18.9 Å². The predicted molar refractivity (Wildman–Crippen MR) is 71.9 cm³/mol. The molecule has 0 aliphatic carbocycles.